The number of para-hydroxylation sites is 1. The van der Waals surface area contributed by atoms with Gasteiger partial charge in [0.1, 0.15) is 23.1 Å². The highest BCUT2D eigenvalue weighted by atomic mass is 16.8. The number of nitrogens with one attached hydrogen (secondary N) is 2. The Morgan fingerprint density at radius 2 is 1.95 bits per heavy atom. The Kier molecular flexibility index (Phi) is 5.09. The van der Waals surface area contributed by atoms with Crippen LogP contribution < -0.4 is 5.32 Å². The molecule has 220 valence electrons. The van der Waals surface area contributed by atoms with Crippen LogP contribution in [-0.2, 0) is 37.4 Å². The molecular formula is C33H36N2O7. The Morgan fingerprint density at radius 3 is 2.74 bits per heavy atom. The van der Waals surface area contributed by atoms with Gasteiger partial charge in [0.05, 0.1) is 12.8 Å². The second kappa shape index (κ2) is 8.15. The number of ketones is 1. The number of carbonyl (C=O) groups is 2. The molecule has 3 N–H and O–H groups in total. The van der Waals surface area contributed by atoms with Gasteiger partial charge in [0.2, 0.25) is 0 Å². The number of ether oxygens (including phenoxy) is 3. The molecule has 1 amide bonds. The predicted molar refractivity (Wildman–Crippen MR) is 151 cm³/mol. The fourth-order valence-electron chi connectivity index (χ4n) is 9.27. The molecule has 1 saturated heterocycles. The highest BCUT2D eigenvalue weighted by Crippen LogP contribution is 2.72. The lowest BCUT2D eigenvalue weighted by atomic mass is 9.41. The molecule has 3 aliphatic carbocycles. The number of aromatic nitrogens is 1. The van der Waals surface area contributed by atoms with E-state index >= 15 is 0 Å². The van der Waals surface area contributed by atoms with E-state index in [9.17, 15) is 14.7 Å². The molecule has 1 spiro atoms. The molecule has 0 radical (unpaired) electrons. The average molecular weight is 573 g/mol. The summed E-state index contributed by atoms with van der Waals surface area (Å²) in [5.41, 5.74) is -0.191. The summed E-state index contributed by atoms with van der Waals surface area (Å²) >= 11 is 0. The zero-order valence-electron chi connectivity index (χ0n) is 24.3. The fourth-order valence-corrected chi connectivity index (χ4v) is 9.27. The van der Waals surface area contributed by atoms with Crippen LogP contribution in [0.15, 0.2) is 58.7 Å². The molecule has 9 nitrogen and oxygen atoms in total. The second-order valence-electron chi connectivity index (χ2n) is 13.7. The Bertz CT molecular complexity index is 1670. The van der Waals surface area contributed by atoms with E-state index in [0.717, 1.165) is 17.6 Å². The van der Waals surface area contributed by atoms with Crippen molar-refractivity contribution in [3.63, 3.8) is 0 Å². The van der Waals surface area contributed by atoms with Crippen LogP contribution in [0.1, 0.15) is 64.0 Å². The number of carbonyl (C=O) groups excluding carboxylic acids is 2. The van der Waals surface area contributed by atoms with Crippen molar-refractivity contribution in [2.75, 3.05) is 0 Å². The molecule has 1 aromatic carbocycles. The molecule has 7 atom stereocenters. The van der Waals surface area contributed by atoms with Gasteiger partial charge in [-0.05, 0) is 68.9 Å². The third-order valence-corrected chi connectivity index (χ3v) is 11.5. The summed E-state index contributed by atoms with van der Waals surface area (Å²) in [5, 5.41) is 17.2. The number of amides is 1. The number of benzene rings is 1. The largest absolute Gasteiger partial charge is 0.467 e. The molecule has 2 bridgehead atoms. The van der Waals surface area contributed by atoms with Crippen molar-refractivity contribution < 1.29 is 33.3 Å². The first-order valence-electron chi connectivity index (χ1n) is 14.9. The third-order valence-electron chi connectivity index (χ3n) is 11.5. The van der Waals surface area contributed by atoms with Crippen molar-refractivity contribution in [2.45, 2.75) is 94.5 Å². The molecule has 0 unspecified atom stereocenters. The zero-order valence-corrected chi connectivity index (χ0v) is 24.3. The Hall–Kier alpha value is -3.40. The maximum absolute atomic E-state index is 13.5. The van der Waals surface area contributed by atoms with Crippen LogP contribution in [0.5, 0.6) is 0 Å². The van der Waals surface area contributed by atoms with Crippen LogP contribution in [0.2, 0.25) is 0 Å². The maximum Gasteiger partial charge on any atom is 0.407 e. The lowest BCUT2D eigenvalue weighted by molar-refractivity contribution is -0.273. The summed E-state index contributed by atoms with van der Waals surface area (Å²) in [6.45, 7) is 8.16. The van der Waals surface area contributed by atoms with Crippen molar-refractivity contribution in [1.82, 2.24) is 10.3 Å². The maximum atomic E-state index is 13.5. The molecule has 3 aromatic rings. The molecule has 8 rings (SSSR count). The quantitative estimate of drug-likeness (QED) is 0.411. The van der Waals surface area contributed by atoms with Gasteiger partial charge < -0.3 is 34.0 Å². The molecule has 2 aromatic heterocycles. The molecule has 2 aliphatic heterocycles. The topological polar surface area (TPSA) is 123 Å². The molecule has 5 aliphatic rings. The summed E-state index contributed by atoms with van der Waals surface area (Å²) < 4.78 is 24.5. The number of hydrogen-bond donors (Lipinski definition) is 3. The van der Waals surface area contributed by atoms with Gasteiger partial charge >= 0.3 is 6.09 Å². The zero-order chi connectivity index (χ0) is 29.3. The predicted octanol–water partition coefficient (Wildman–Crippen LogP) is 4.82. The highest BCUT2D eigenvalue weighted by molar-refractivity contribution is 5.97. The van der Waals surface area contributed by atoms with Crippen LogP contribution in [0.25, 0.3) is 10.9 Å². The van der Waals surface area contributed by atoms with E-state index in [1.165, 1.54) is 17.0 Å². The minimum absolute atomic E-state index is 0.0834. The van der Waals surface area contributed by atoms with E-state index in [4.69, 9.17) is 18.6 Å². The van der Waals surface area contributed by atoms with Gasteiger partial charge in [-0.2, -0.15) is 0 Å². The average Bonchev–Trinajstić information content (AvgIpc) is 3.70. The van der Waals surface area contributed by atoms with Crippen molar-refractivity contribution in [1.29, 1.82) is 0 Å². The number of fused-ring (bicyclic) bond motifs is 9. The standard InChI is InChI=1S/C33H36N2O7/c1-29(2)27-23(36)16-24-32(41-27,42-29)12-11-30(3)31(4)18(14-21-20-9-5-6-10-22(20)35-26(21)31)15-25(33(24,30)38)40-28(37)34-17-19-8-7-13-39-19/h5-10,13,16,18,25,27,35,38H,11-12,14-15,17H2,1-4H3,(H,34,37)/t18-,25+,27+,30-,31-,32+,33+/m1/s1. The van der Waals surface area contributed by atoms with E-state index in [0.29, 0.717) is 30.6 Å². The summed E-state index contributed by atoms with van der Waals surface area (Å²) in [7, 11) is 0. The lowest BCUT2D eigenvalue weighted by Crippen LogP contribution is -2.75. The molecule has 9 heteroatoms. The number of hydrogen-bond acceptors (Lipinski definition) is 7. The fraction of sp³-hybridized carbons (Fsp3) is 0.515. The van der Waals surface area contributed by atoms with Gasteiger partial charge in [-0.25, -0.2) is 4.79 Å². The number of alkyl carbamates (subject to hydrolysis) is 1. The van der Waals surface area contributed by atoms with Gasteiger partial charge in [0, 0.05) is 39.4 Å². The van der Waals surface area contributed by atoms with Crippen LogP contribution in [0, 0.1) is 11.3 Å². The van der Waals surface area contributed by atoms with Gasteiger partial charge in [-0.1, -0.05) is 32.0 Å². The van der Waals surface area contributed by atoms with Crippen LogP contribution >= 0.6 is 0 Å². The Balaban J connectivity index is 1.27. The van der Waals surface area contributed by atoms with E-state index in [1.807, 2.05) is 26.0 Å². The summed E-state index contributed by atoms with van der Waals surface area (Å²) in [4.78, 5) is 30.5. The van der Waals surface area contributed by atoms with Crippen LogP contribution in [0.3, 0.4) is 0 Å². The SMILES string of the molecule is CC1(C)O[C@@]23CC[C@]4(C)[C@@]5(C)c6[nH]c7ccccc7c6C[C@@H]5C[C@H](OC(=O)NCc5ccco5)[C@@]4(O)C2=CC(=O)[C@@H]1O3. The van der Waals surface area contributed by atoms with Crippen molar-refractivity contribution in [2.24, 2.45) is 11.3 Å². The van der Waals surface area contributed by atoms with Crippen molar-refractivity contribution >= 4 is 22.8 Å². The Morgan fingerprint density at radius 1 is 1.14 bits per heavy atom. The second-order valence-corrected chi connectivity index (χ2v) is 13.7. The number of rotatable bonds is 3. The molecule has 3 fully saturated rings. The third kappa shape index (κ3) is 3.04. The molecule has 4 heterocycles. The number of furan rings is 1. The summed E-state index contributed by atoms with van der Waals surface area (Å²) in [6, 6.07) is 11.8. The van der Waals surface area contributed by atoms with Crippen LogP contribution in [0.4, 0.5) is 4.79 Å². The highest BCUT2D eigenvalue weighted by Gasteiger charge is 2.78. The summed E-state index contributed by atoms with van der Waals surface area (Å²) in [5.74, 6) is -0.841. The molecule has 2 saturated carbocycles. The van der Waals surface area contributed by atoms with E-state index in [-0.39, 0.29) is 18.2 Å². The first-order valence-corrected chi connectivity index (χ1v) is 14.9. The first kappa shape index (κ1) is 26.2. The van der Waals surface area contributed by atoms with E-state index < -0.39 is 46.1 Å². The lowest BCUT2D eigenvalue weighted by Gasteiger charge is -2.67. The monoisotopic (exact) mass is 572 g/mol. The smallest absolute Gasteiger partial charge is 0.407 e. The van der Waals surface area contributed by atoms with Gasteiger partial charge in [0.15, 0.2) is 17.7 Å². The minimum atomic E-state index is -1.75. The normalized spacial score (nSPS) is 39.2. The van der Waals surface area contributed by atoms with Gasteiger partial charge in [-0.3, -0.25) is 4.79 Å². The molecular weight excluding hydrogens is 536 g/mol. The molecule has 42 heavy (non-hydrogen) atoms. The number of aromatic amines is 1. The van der Waals surface area contributed by atoms with E-state index in [2.05, 4.69) is 36.3 Å². The Labute approximate surface area is 243 Å². The van der Waals surface area contributed by atoms with E-state index in [1.54, 1.807) is 18.4 Å². The minimum Gasteiger partial charge on any atom is -0.467 e. The van der Waals surface area contributed by atoms with Crippen LogP contribution in [-0.4, -0.2) is 51.2 Å². The van der Waals surface area contributed by atoms with Gasteiger partial charge in [-0.15, -0.1) is 0 Å². The van der Waals surface area contributed by atoms with Crippen molar-refractivity contribution in [3.05, 3.63) is 71.3 Å². The number of H-pyrrole nitrogens is 1. The number of aliphatic hydroxyl groups is 1. The van der Waals surface area contributed by atoms with Gasteiger partial charge in [0.25, 0.3) is 0 Å². The van der Waals surface area contributed by atoms with Crippen molar-refractivity contribution in [3.8, 4) is 0 Å². The first-order chi connectivity index (χ1) is 19.9. The summed E-state index contributed by atoms with van der Waals surface area (Å²) in [6.07, 6.45) is 2.91.